The lowest BCUT2D eigenvalue weighted by Gasteiger charge is -1.81. The molecule has 0 spiro atoms. The summed E-state index contributed by atoms with van der Waals surface area (Å²) in [5.74, 6) is 0. The lowest BCUT2D eigenvalue weighted by Crippen LogP contribution is -1.69. The third-order valence-corrected chi connectivity index (χ3v) is 2.63. The number of rotatable bonds is 2. The maximum absolute atomic E-state index is 9.99. The van der Waals surface area contributed by atoms with Crippen molar-refractivity contribution >= 4 is 21.6 Å². The van der Waals surface area contributed by atoms with Crippen LogP contribution in [0.5, 0.6) is 0 Å². The maximum Gasteiger partial charge on any atom is 0.115 e. The Balaban J connectivity index is 2.54. The van der Waals surface area contributed by atoms with Crippen LogP contribution in [0.15, 0.2) is 29.6 Å². The molecule has 2 aromatic rings. The molecule has 0 aromatic carbocycles. The quantitative estimate of drug-likeness (QED) is 0.663. The summed E-state index contributed by atoms with van der Waals surface area (Å²) < 4.78 is 1.11. The fourth-order valence-corrected chi connectivity index (χ4v) is 2.00. The third kappa shape index (κ3) is 1.21. The molecular formula is C8H6N2OS. The molecule has 2 aromatic heterocycles. The van der Waals surface area contributed by atoms with E-state index in [2.05, 4.69) is 10.2 Å². The number of hydrogen-bond acceptors (Lipinski definition) is 4. The van der Waals surface area contributed by atoms with Crippen molar-refractivity contribution in [1.29, 1.82) is 0 Å². The van der Waals surface area contributed by atoms with E-state index in [4.69, 9.17) is 0 Å². The number of hydrogen-bond donors (Lipinski definition) is 0. The number of nitrogens with zero attached hydrogens (tertiary/aromatic N) is 2. The van der Waals surface area contributed by atoms with Crippen LogP contribution in [0, 0.1) is 4.91 Å². The zero-order valence-corrected chi connectivity index (χ0v) is 7.04. The van der Waals surface area contributed by atoms with Gasteiger partial charge in [0.1, 0.15) is 6.54 Å². The van der Waals surface area contributed by atoms with Gasteiger partial charge in [0, 0.05) is 11.1 Å². The molecule has 0 saturated heterocycles. The van der Waals surface area contributed by atoms with Gasteiger partial charge in [0.2, 0.25) is 0 Å². The lowest BCUT2D eigenvalue weighted by molar-refractivity contribution is 1.09. The number of fused-ring (bicyclic) bond motifs is 1. The Morgan fingerprint density at radius 1 is 1.58 bits per heavy atom. The van der Waals surface area contributed by atoms with Crippen molar-refractivity contribution in [2.24, 2.45) is 5.18 Å². The highest BCUT2D eigenvalue weighted by Crippen LogP contribution is 2.23. The van der Waals surface area contributed by atoms with Crippen LogP contribution in [-0.2, 0) is 6.54 Å². The highest BCUT2D eigenvalue weighted by atomic mass is 32.1. The molecule has 0 aliphatic rings. The van der Waals surface area contributed by atoms with Gasteiger partial charge in [-0.25, -0.2) is 0 Å². The first-order valence-electron chi connectivity index (χ1n) is 3.53. The van der Waals surface area contributed by atoms with Crippen LogP contribution in [0.3, 0.4) is 0 Å². The fraction of sp³-hybridized carbons (Fsp3) is 0.125. The van der Waals surface area contributed by atoms with Crippen molar-refractivity contribution in [3.63, 3.8) is 0 Å². The Morgan fingerprint density at radius 3 is 3.25 bits per heavy atom. The first kappa shape index (κ1) is 7.36. The highest BCUT2D eigenvalue weighted by Gasteiger charge is 2.00. The molecule has 0 radical (unpaired) electrons. The first-order chi connectivity index (χ1) is 5.90. The van der Waals surface area contributed by atoms with Gasteiger partial charge in [-0.15, -0.1) is 11.3 Å². The van der Waals surface area contributed by atoms with Crippen LogP contribution < -0.4 is 0 Å². The molecule has 0 amide bonds. The molecule has 60 valence electrons. The van der Waals surface area contributed by atoms with Crippen molar-refractivity contribution < 1.29 is 0 Å². The van der Waals surface area contributed by atoms with Gasteiger partial charge in [-0.05, 0) is 18.2 Å². The van der Waals surface area contributed by atoms with Gasteiger partial charge in [-0.2, -0.15) is 4.91 Å². The van der Waals surface area contributed by atoms with Crippen LogP contribution in [0.25, 0.3) is 10.2 Å². The zero-order chi connectivity index (χ0) is 8.39. The first-order valence-corrected chi connectivity index (χ1v) is 4.34. The Kier molecular flexibility index (Phi) is 1.83. The van der Waals surface area contributed by atoms with E-state index in [1.165, 1.54) is 0 Å². The molecule has 0 unspecified atom stereocenters. The smallest absolute Gasteiger partial charge is 0.115 e. The summed E-state index contributed by atoms with van der Waals surface area (Å²) in [4.78, 5) is 15.1. The molecule has 0 aliphatic heterocycles. The summed E-state index contributed by atoms with van der Waals surface area (Å²) in [5.41, 5.74) is 0.946. The Hall–Kier alpha value is -1.29. The molecule has 2 heterocycles. The molecule has 4 heteroatoms. The Morgan fingerprint density at radius 2 is 2.50 bits per heavy atom. The summed E-state index contributed by atoms with van der Waals surface area (Å²) in [6, 6.07) is 5.78. The highest BCUT2D eigenvalue weighted by molar-refractivity contribution is 7.19. The third-order valence-electron chi connectivity index (χ3n) is 1.56. The number of aromatic nitrogens is 1. The van der Waals surface area contributed by atoms with E-state index in [1.54, 1.807) is 17.5 Å². The predicted molar refractivity (Wildman–Crippen MR) is 49.1 cm³/mol. The van der Waals surface area contributed by atoms with Gasteiger partial charge >= 0.3 is 0 Å². The summed E-state index contributed by atoms with van der Waals surface area (Å²) in [6.07, 6.45) is 1.74. The molecule has 0 fully saturated rings. The summed E-state index contributed by atoms with van der Waals surface area (Å²) >= 11 is 1.57. The largest absolute Gasteiger partial charge is 0.255 e. The summed E-state index contributed by atoms with van der Waals surface area (Å²) in [6.45, 7) is 0.251. The van der Waals surface area contributed by atoms with Crippen LogP contribution >= 0.6 is 11.3 Å². The van der Waals surface area contributed by atoms with Crippen LogP contribution in [0.2, 0.25) is 0 Å². The Bertz CT molecular complexity index is 377. The molecule has 0 atom stereocenters. The molecule has 0 bridgehead atoms. The second kappa shape index (κ2) is 2.98. The summed E-state index contributed by atoms with van der Waals surface area (Å²) in [5, 5.41) is 2.83. The fourth-order valence-electron chi connectivity index (χ4n) is 1.06. The average Bonchev–Trinajstić information content (AvgIpc) is 2.47. The average molecular weight is 178 g/mol. The molecule has 12 heavy (non-hydrogen) atoms. The van der Waals surface area contributed by atoms with Gasteiger partial charge in [0.05, 0.1) is 10.2 Å². The van der Waals surface area contributed by atoms with Crippen molar-refractivity contribution in [3.05, 3.63) is 34.2 Å². The van der Waals surface area contributed by atoms with Crippen molar-refractivity contribution in [2.75, 3.05) is 0 Å². The van der Waals surface area contributed by atoms with E-state index < -0.39 is 0 Å². The van der Waals surface area contributed by atoms with E-state index >= 15 is 0 Å². The standard InChI is InChI=1S/C8H6N2OS/c11-10-5-6-4-7-8(12-6)2-1-3-9-7/h1-4H,5H2. The van der Waals surface area contributed by atoms with E-state index in [9.17, 15) is 4.91 Å². The van der Waals surface area contributed by atoms with Crippen molar-refractivity contribution in [2.45, 2.75) is 6.54 Å². The topological polar surface area (TPSA) is 42.3 Å². The zero-order valence-electron chi connectivity index (χ0n) is 6.23. The monoisotopic (exact) mass is 178 g/mol. The molecule has 0 N–H and O–H groups in total. The van der Waals surface area contributed by atoms with Crippen molar-refractivity contribution in [3.8, 4) is 0 Å². The van der Waals surface area contributed by atoms with E-state index in [0.717, 1.165) is 15.1 Å². The minimum Gasteiger partial charge on any atom is -0.255 e. The van der Waals surface area contributed by atoms with E-state index in [0.29, 0.717) is 0 Å². The number of nitroso groups, excluding NO2 is 1. The maximum atomic E-state index is 9.99. The van der Waals surface area contributed by atoms with Crippen molar-refractivity contribution in [1.82, 2.24) is 4.98 Å². The van der Waals surface area contributed by atoms with Crippen LogP contribution in [0.4, 0.5) is 0 Å². The molecule has 0 saturated carbocycles. The van der Waals surface area contributed by atoms with Gasteiger partial charge in [-0.1, -0.05) is 5.18 Å². The minimum atomic E-state index is 0.251. The molecule has 0 aliphatic carbocycles. The van der Waals surface area contributed by atoms with Gasteiger partial charge < -0.3 is 0 Å². The van der Waals surface area contributed by atoms with E-state index in [1.807, 2.05) is 18.2 Å². The van der Waals surface area contributed by atoms with Crippen LogP contribution in [-0.4, -0.2) is 4.98 Å². The number of pyridine rings is 1. The summed E-state index contributed by atoms with van der Waals surface area (Å²) in [7, 11) is 0. The second-order valence-corrected chi connectivity index (χ2v) is 3.56. The minimum absolute atomic E-state index is 0.251. The van der Waals surface area contributed by atoms with Gasteiger partial charge in [-0.3, -0.25) is 4.98 Å². The van der Waals surface area contributed by atoms with E-state index in [-0.39, 0.29) is 6.54 Å². The van der Waals surface area contributed by atoms with Gasteiger partial charge in [0.25, 0.3) is 0 Å². The predicted octanol–water partition coefficient (Wildman–Crippen LogP) is 2.56. The lowest BCUT2D eigenvalue weighted by atomic mass is 10.4. The SMILES string of the molecule is O=NCc1cc2ncccc2s1. The Labute approximate surface area is 73.0 Å². The molecule has 2 rings (SSSR count). The number of thiophene rings is 1. The molecular weight excluding hydrogens is 172 g/mol. The van der Waals surface area contributed by atoms with Crippen LogP contribution in [0.1, 0.15) is 4.88 Å². The van der Waals surface area contributed by atoms with Gasteiger partial charge in [0.15, 0.2) is 0 Å². The second-order valence-electron chi connectivity index (χ2n) is 2.39. The molecule has 3 nitrogen and oxygen atoms in total. The normalized spacial score (nSPS) is 10.3.